The zero-order valence-electron chi connectivity index (χ0n) is 13.2. The molecule has 4 atom stereocenters. The molecular formula is C17H21F3N2O. The number of rotatable bonds is 2. The van der Waals surface area contributed by atoms with Crippen LogP contribution in [0.1, 0.15) is 37.3 Å². The largest absolute Gasteiger partial charge is 0.416 e. The Morgan fingerprint density at radius 1 is 1.30 bits per heavy atom. The highest BCUT2D eigenvalue weighted by Crippen LogP contribution is 2.49. The van der Waals surface area contributed by atoms with Crippen molar-refractivity contribution in [1.82, 2.24) is 10.2 Å². The van der Waals surface area contributed by atoms with E-state index >= 15 is 0 Å². The second kappa shape index (κ2) is 5.82. The number of nitrogens with zero attached hydrogens (tertiary/aromatic N) is 1. The lowest BCUT2D eigenvalue weighted by Crippen LogP contribution is -2.57. The van der Waals surface area contributed by atoms with Crippen LogP contribution < -0.4 is 5.32 Å². The monoisotopic (exact) mass is 326 g/mol. The summed E-state index contributed by atoms with van der Waals surface area (Å²) in [6.45, 7) is 5.48. The van der Waals surface area contributed by atoms with E-state index in [1.807, 2.05) is 18.7 Å². The molecule has 1 aromatic rings. The number of hydrogen-bond donors (Lipinski definition) is 1. The molecule has 2 aliphatic rings. The summed E-state index contributed by atoms with van der Waals surface area (Å²) in [6.07, 6.45) is -3.70. The van der Waals surface area contributed by atoms with E-state index in [0.29, 0.717) is 18.5 Å². The third kappa shape index (κ3) is 3.22. The fraction of sp³-hybridized carbons (Fsp3) is 0.588. The topological polar surface area (TPSA) is 32.3 Å². The normalized spacial score (nSPS) is 31.1. The third-order valence-corrected chi connectivity index (χ3v) is 5.07. The molecule has 1 aliphatic heterocycles. The van der Waals surface area contributed by atoms with Gasteiger partial charge in [0.15, 0.2) is 0 Å². The van der Waals surface area contributed by atoms with Crippen LogP contribution >= 0.6 is 0 Å². The van der Waals surface area contributed by atoms with Crippen LogP contribution in [0.3, 0.4) is 0 Å². The summed E-state index contributed by atoms with van der Waals surface area (Å²) in [4.78, 5) is 14.5. The maximum atomic E-state index is 12.8. The fourth-order valence-corrected chi connectivity index (χ4v) is 3.36. The Bertz CT molecular complexity index is 602. The number of piperazine rings is 1. The number of carbonyl (C=O) groups is 1. The van der Waals surface area contributed by atoms with Crippen molar-refractivity contribution < 1.29 is 18.0 Å². The molecule has 1 saturated heterocycles. The summed E-state index contributed by atoms with van der Waals surface area (Å²) in [5, 5.41) is 3.32. The molecule has 23 heavy (non-hydrogen) atoms. The van der Waals surface area contributed by atoms with Crippen LogP contribution in [-0.2, 0) is 11.0 Å². The van der Waals surface area contributed by atoms with Gasteiger partial charge in [0.05, 0.1) is 5.56 Å². The van der Waals surface area contributed by atoms with E-state index in [0.717, 1.165) is 12.6 Å². The van der Waals surface area contributed by atoms with Gasteiger partial charge in [-0.1, -0.05) is 18.2 Å². The van der Waals surface area contributed by atoms with Gasteiger partial charge in [-0.25, -0.2) is 0 Å². The molecule has 1 amide bonds. The van der Waals surface area contributed by atoms with Crippen LogP contribution in [0, 0.1) is 5.92 Å². The Morgan fingerprint density at radius 3 is 2.74 bits per heavy atom. The Balaban J connectivity index is 1.71. The van der Waals surface area contributed by atoms with Crippen molar-refractivity contribution >= 4 is 5.91 Å². The average molecular weight is 326 g/mol. The van der Waals surface area contributed by atoms with E-state index in [2.05, 4.69) is 5.32 Å². The number of nitrogens with one attached hydrogen (secondary N) is 1. The van der Waals surface area contributed by atoms with Gasteiger partial charge in [-0.05, 0) is 37.8 Å². The van der Waals surface area contributed by atoms with Gasteiger partial charge in [0.2, 0.25) is 5.91 Å². The van der Waals surface area contributed by atoms with Crippen LogP contribution in [-0.4, -0.2) is 36.0 Å². The molecule has 0 aromatic heterocycles. The van der Waals surface area contributed by atoms with E-state index in [1.165, 1.54) is 12.1 Å². The Labute approximate surface area is 133 Å². The van der Waals surface area contributed by atoms with Gasteiger partial charge in [-0.3, -0.25) is 4.79 Å². The van der Waals surface area contributed by atoms with Gasteiger partial charge in [0.1, 0.15) is 0 Å². The lowest BCUT2D eigenvalue weighted by molar-refractivity contribution is -0.137. The van der Waals surface area contributed by atoms with Crippen molar-refractivity contribution in [3.63, 3.8) is 0 Å². The SMILES string of the molecule is CC1NCCN(C(=O)C2CC2c2cccc(C(F)(F)F)c2)C1C. The molecule has 6 heteroatoms. The van der Waals surface area contributed by atoms with Gasteiger partial charge in [0.25, 0.3) is 0 Å². The van der Waals surface area contributed by atoms with E-state index in [9.17, 15) is 18.0 Å². The Morgan fingerprint density at radius 2 is 2.04 bits per heavy atom. The molecule has 3 rings (SSSR count). The molecule has 1 N–H and O–H groups in total. The summed E-state index contributed by atoms with van der Waals surface area (Å²) in [6, 6.07) is 5.71. The van der Waals surface area contributed by atoms with Crippen LogP contribution in [0.25, 0.3) is 0 Å². The Kier molecular flexibility index (Phi) is 4.12. The molecule has 1 aliphatic carbocycles. The minimum absolute atomic E-state index is 0.0771. The van der Waals surface area contributed by atoms with E-state index in [1.54, 1.807) is 6.07 Å². The van der Waals surface area contributed by atoms with Crippen molar-refractivity contribution in [2.75, 3.05) is 13.1 Å². The van der Waals surface area contributed by atoms with Gasteiger partial charge in [-0.15, -0.1) is 0 Å². The predicted octanol–water partition coefficient (Wildman–Crippen LogP) is 3.02. The second-order valence-electron chi connectivity index (χ2n) is 6.59. The lowest BCUT2D eigenvalue weighted by atomic mass is 10.0. The quantitative estimate of drug-likeness (QED) is 0.906. The smallest absolute Gasteiger partial charge is 0.337 e. The lowest BCUT2D eigenvalue weighted by Gasteiger charge is -2.38. The molecule has 0 bridgehead atoms. The molecule has 4 unspecified atom stereocenters. The van der Waals surface area contributed by atoms with Crippen molar-refractivity contribution in [2.24, 2.45) is 5.92 Å². The molecule has 2 fully saturated rings. The van der Waals surface area contributed by atoms with E-state index in [4.69, 9.17) is 0 Å². The van der Waals surface area contributed by atoms with Gasteiger partial charge in [0, 0.05) is 31.1 Å². The molecule has 3 nitrogen and oxygen atoms in total. The minimum Gasteiger partial charge on any atom is -0.337 e. The number of amides is 1. The zero-order valence-corrected chi connectivity index (χ0v) is 13.2. The summed E-state index contributed by atoms with van der Waals surface area (Å²) in [7, 11) is 0. The summed E-state index contributed by atoms with van der Waals surface area (Å²) in [5.41, 5.74) is -0.0220. The first kappa shape index (κ1) is 16.3. The van der Waals surface area contributed by atoms with Gasteiger partial charge >= 0.3 is 6.18 Å². The van der Waals surface area contributed by atoms with Crippen molar-refractivity contribution in [2.45, 2.75) is 44.4 Å². The maximum Gasteiger partial charge on any atom is 0.416 e. The van der Waals surface area contributed by atoms with Crippen molar-refractivity contribution in [3.05, 3.63) is 35.4 Å². The highest BCUT2D eigenvalue weighted by atomic mass is 19.4. The molecule has 1 aromatic carbocycles. The van der Waals surface area contributed by atoms with Crippen LogP contribution in [0.2, 0.25) is 0 Å². The minimum atomic E-state index is -4.34. The zero-order chi connectivity index (χ0) is 16.8. The number of hydrogen-bond acceptors (Lipinski definition) is 2. The molecule has 0 radical (unpaired) electrons. The van der Waals surface area contributed by atoms with E-state index in [-0.39, 0.29) is 29.8 Å². The van der Waals surface area contributed by atoms with Gasteiger partial charge < -0.3 is 10.2 Å². The Hall–Kier alpha value is -1.56. The fourth-order valence-electron chi connectivity index (χ4n) is 3.36. The summed E-state index contributed by atoms with van der Waals surface area (Å²) >= 11 is 0. The first-order valence-corrected chi connectivity index (χ1v) is 8.00. The number of halogens is 3. The van der Waals surface area contributed by atoms with Crippen LogP contribution in [0.15, 0.2) is 24.3 Å². The van der Waals surface area contributed by atoms with Crippen molar-refractivity contribution in [3.8, 4) is 0 Å². The maximum absolute atomic E-state index is 12.8. The first-order chi connectivity index (χ1) is 10.8. The van der Waals surface area contributed by atoms with Crippen molar-refractivity contribution in [1.29, 1.82) is 0 Å². The number of alkyl halides is 3. The van der Waals surface area contributed by atoms with Gasteiger partial charge in [-0.2, -0.15) is 13.2 Å². The van der Waals surface area contributed by atoms with Crippen LogP contribution in [0.4, 0.5) is 13.2 Å². The molecule has 1 heterocycles. The summed E-state index contributed by atoms with van der Waals surface area (Å²) in [5.74, 6) is -0.179. The predicted molar refractivity (Wildman–Crippen MR) is 80.9 cm³/mol. The highest BCUT2D eigenvalue weighted by molar-refractivity contribution is 5.83. The molecule has 1 saturated carbocycles. The van der Waals surface area contributed by atoms with E-state index < -0.39 is 11.7 Å². The molecule has 126 valence electrons. The molecular weight excluding hydrogens is 305 g/mol. The second-order valence-corrected chi connectivity index (χ2v) is 6.59. The molecule has 0 spiro atoms. The standard InChI is InChI=1S/C17H21F3N2O/c1-10-11(2)22(7-6-21-10)16(23)15-9-14(15)12-4-3-5-13(8-12)17(18,19)20/h3-5,8,10-11,14-15,21H,6-7,9H2,1-2H3. The average Bonchev–Trinajstić information content (AvgIpc) is 3.29. The highest BCUT2D eigenvalue weighted by Gasteiger charge is 2.47. The summed E-state index contributed by atoms with van der Waals surface area (Å²) < 4.78 is 38.4. The third-order valence-electron chi connectivity index (χ3n) is 5.07. The number of benzene rings is 1. The van der Waals surface area contributed by atoms with Crippen LogP contribution in [0.5, 0.6) is 0 Å². The first-order valence-electron chi connectivity index (χ1n) is 8.00. The number of carbonyl (C=O) groups excluding carboxylic acids is 1.